The molecule has 1 aromatic heterocycles. The summed E-state index contributed by atoms with van der Waals surface area (Å²) in [4.78, 5) is 48.7. The van der Waals surface area contributed by atoms with Crippen LogP contribution < -0.4 is 20.5 Å². The summed E-state index contributed by atoms with van der Waals surface area (Å²) in [6.45, 7) is -0.757. The van der Waals surface area contributed by atoms with Crippen molar-refractivity contribution in [3.05, 3.63) is 64.3 Å². The van der Waals surface area contributed by atoms with E-state index in [9.17, 15) is 24.5 Å². The Morgan fingerprint density at radius 3 is 2.74 bits per heavy atom. The molecule has 2 N–H and O–H groups in total. The lowest BCUT2D eigenvalue weighted by molar-refractivity contribution is -0.384. The standard InChI is InChI=1S/C20H17N5O6/c1-23-9-14(13-4-2-3-5-15(13)23)20(28)22-21-18(26)10-24-16-8-12(25(29)30)6-7-17(16)31-11-19(24)27/h2-9H,10-11H2,1H3,(H,21,26)(H,22,28). The number of aryl methyl sites for hydroxylation is 1. The van der Waals surface area contributed by atoms with Crippen molar-refractivity contribution in [3.63, 3.8) is 0 Å². The first-order valence-electron chi connectivity index (χ1n) is 9.20. The van der Waals surface area contributed by atoms with Crippen LogP contribution in [0.5, 0.6) is 5.75 Å². The first-order chi connectivity index (χ1) is 14.8. The van der Waals surface area contributed by atoms with Gasteiger partial charge < -0.3 is 9.30 Å². The second-order valence-electron chi connectivity index (χ2n) is 6.85. The van der Waals surface area contributed by atoms with E-state index < -0.39 is 29.2 Å². The summed E-state index contributed by atoms with van der Waals surface area (Å²) in [5.74, 6) is -1.49. The number of fused-ring (bicyclic) bond motifs is 2. The van der Waals surface area contributed by atoms with Gasteiger partial charge in [-0.25, -0.2) is 0 Å². The molecule has 0 atom stereocenters. The molecular formula is C20H17N5O6. The molecule has 1 aliphatic rings. The number of carbonyl (C=O) groups excluding carboxylic acids is 3. The van der Waals surface area contributed by atoms with E-state index in [1.807, 2.05) is 12.1 Å². The number of anilines is 1. The third-order valence-corrected chi connectivity index (χ3v) is 4.86. The van der Waals surface area contributed by atoms with E-state index in [0.717, 1.165) is 21.9 Å². The van der Waals surface area contributed by atoms with E-state index >= 15 is 0 Å². The maximum atomic E-state index is 12.5. The summed E-state index contributed by atoms with van der Waals surface area (Å²) < 4.78 is 7.06. The van der Waals surface area contributed by atoms with E-state index in [4.69, 9.17) is 4.74 Å². The second kappa shape index (κ2) is 7.78. The first-order valence-corrected chi connectivity index (χ1v) is 9.20. The van der Waals surface area contributed by atoms with Gasteiger partial charge in [0.05, 0.1) is 16.2 Å². The second-order valence-corrected chi connectivity index (χ2v) is 6.85. The number of non-ortho nitro benzene ring substituents is 1. The normalized spacial score (nSPS) is 12.8. The minimum absolute atomic E-state index is 0.112. The van der Waals surface area contributed by atoms with E-state index in [2.05, 4.69) is 10.9 Å². The van der Waals surface area contributed by atoms with Crippen molar-refractivity contribution in [2.75, 3.05) is 18.1 Å². The number of hydrazine groups is 1. The number of ether oxygens (including phenoxy) is 1. The van der Waals surface area contributed by atoms with Crippen LogP contribution in [0, 0.1) is 10.1 Å². The molecule has 0 saturated carbocycles. The molecule has 4 rings (SSSR count). The number of nitrogens with zero attached hydrogens (tertiary/aromatic N) is 3. The predicted octanol–water partition coefficient (Wildman–Crippen LogP) is 1.27. The van der Waals surface area contributed by atoms with Gasteiger partial charge in [0.25, 0.3) is 23.4 Å². The van der Waals surface area contributed by atoms with Crippen LogP contribution in [0.15, 0.2) is 48.7 Å². The fourth-order valence-electron chi connectivity index (χ4n) is 3.38. The average molecular weight is 423 g/mol. The zero-order valence-electron chi connectivity index (χ0n) is 16.3. The minimum Gasteiger partial charge on any atom is -0.482 e. The topological polar surface area (TPSA) is 136 Å². The fourth-order valence-corrected chi connectivity index (χ4v) is 3.38. The first kappa shape index (κ1) is 19.9. The van der Waals surface area contributed by atoms with Crippen molar-refractivity contribution in [2.24, 2.45) is 7.05 Å². The van der Waals surface area contributed by atoms with Gasteiger partial charge >= 0.3 is 0 Å². The molecule has 3 aromatic rings. The molecule has 0 radical (unpaired) electrons. The molecule has 11 nitrogen and oxygen atoms in total. The Balaban J connectivity index is 1.47. The number of hydrogen-bond acceptors (Lipinski definition) is 6. The lowest BCUT2D eigenvalue weighted by atomic mass is 10.2. The van der Waals surface area contributed by atoms with Gasteiger partial charge in [-0.2, -0.15) is 0 Å². The molecule has 2 aromatic carbocycles. The zero-order chi connectivity index (χ0) is 22.1. The van der Waals surface area contributed by atoms with Gasteiger partial charge in [0.2, 0.25) is 0 Å². The number of para-hydroxylation sites is 1. The van der Waals surface area contributed by atoms with E-state index in [-0.39, 0.29) is 23.7 Å². The highest BCUT2D eigenvalue weighted by Crippen LogP contribution is 2.35. The molecule has 0 saturated heterocycles. The minimum atomic E-state index is -0.679. The van der Waals surface area contributed by atoms with E-state index in [1.54, 1.807) is 29.9 Å². The number of carbonyl (C=O) groups is 3. The SMILES string of the molecule is Cn1cc(C(=O)NNC(=O)CN2C(=O)COc3ccc([N+](=O)[O-])cc32)c2ccccc21. The Bertz CT molecular complexity index is 1230. The predicted molar refractivity (Wildman–Crippen MR) is 109 cm³/mol. The summed E-state index contributed by atoms with van der Waals surface area (Å²) >= 11 is 0. The molecule has 31 heavy (non-hydrogen) atoms. The molecule has 3 amide bonds. The monoisotopic (exact) mass is 423 g/mol. The van der Waals surface area contributed by atoms with Gasteiger partial charge in [-0.15, -0.1) is 0 Å². The molecular weight excluding hydrogens is 406 g/mol. The highest BCUT2D eigenvalue weighted by atomic mass is 16.6. The molecule has 0 bridgehead atoms. The molecule has 158 valence electrons. The van der Waals surface area contributed by atoms with Crippen LogP contribution in [0.4, 0.5) is 11.4 Å². The zero-order valence-corrected chi connectivity index (χ0v) is 16.3. The lowest BCUT2D eigenvalue weighted by Gasteiger charge is -2.28. The van der Waals surface area contributed by atoms with Crippen molar-refractivity contribution in [1.82, 2.24) is 15.4 Å². The molecule has 1 aliphatic heterocycles. The molecule has 0 fully saturated rings. The summed E-state index contributed by atoms with van der Waals surface area (Å²) in [5, 5.41) is 11.8. The maximum Gasteiger partial charge on any atom is 0.271 e. The Morgan fingerprint density at radius 2 is 1.97 bits per heavy atom. The van der Waals surface area contributed by atoms with Crippen LogP contribution in [0.3, 0.4) is 0 Å². The summed E-state index contributed by atoms with van der Waals surface area (Å²) in [5.41, 5.74) is 5.71. The van der Waals surface area contributed by atoms with Crippen molar-refractivity contribution in [2.45, 2.75) is 0 Å². The number of amides is 3. The number of nitrogens with one attached hydrogen (secondary N) is 2. The molecule has 11 heteroatoms. The largest absolute Gasteiger partial charge is 0.482 e. The Morgan fingerprint density at radius 1 is 1.19 bits per heavy atom. The van der Waals surface area contributed by atoms with Crippen LogP contribution in [-0.4, -0.2) is 40.4 Å². The van der Waals surface area contributed by atoms with E-state index in [1.165, 1.54) is 12.1 Å². The molecule has 0 unspecified atom stereocenters. The van der Waals surface area contributed by atoms with Gasteiger partial charge in [-0.3, -0.25) is 40.2 Å². The van der Waals surface area contributed by atoms with Gasteiger partial charge in [0, 0.05) is 36.3 Å². The number of nitro groups is 1. The summed E-state index contributed by atoms with van der Waals surface area (Å²) in [6.07, 6.45) is 1.65. The third-order valence-electron chi connectivity index (χ3n) is 4.86. The molecule has 2 heterocycles. The molecule has 0 aliphatic carbocycles. The van der Waals surface area contributed by atoms with Gasteiger partial charge in [-0.05, 0) is 12.1 Å². The highest BCUT2D eigenvalue weighted by Gasteiger charge is 2.29. The highest BCUT2D eigenvalue weighted by molar-refractivity contribution is 6.08. The Labute approximate surface area is 175 Å². The summed E-state index contributed by atoms with van der Waals surface area (Å²) in [6, 6.07) is 11.1. The summed E-state index contributed by atoms with van der Waals surface area (Å²) in [7, 11) is 1.80. The smallest absolute Gasteiger partial charge is 0.271 e. The van der Waals surface area contributed by atoms with Crippen molar-refractivity contribution < 1.29 is 24.0 Å². The number of hydrogen-bond donors (Lipinski definition) is 2. The number of aromatic nitrogens is 1. The van der Waals surface area contributed by atoms with Crippen LogP contribution in [-0.2, 0) is 16.6 Å². The van der Waals surface area contributed by atoms with Gasteiger partial charge in [0.1, 0.15) is 12.3 Å². The number of benzene rings is 2. The van der Waals surface area contributed by atoms with Crippen molar-refractivity contribution >= 4 is 40.0 Å². The third kappa shape index (κ3) is 3.75. The van der Waals surface area contributed by atoms with Crippen LogP contribution in [0.1, 0.15) is 10.4 Å². The van der Waals surface area contributed by atoms with Gasteiger partial charge in [-0.1, -0.05) is 18.2 Å². The Hall–Kier alpha value is -4.41. The molecule has 0 spiro atoms. The van der Waals surface area contributed by atoms with Crippen molar-refractivity contribution in [3.8, 4) is 5.75 Å². The van der Waals surface area contributed by atoms with Crippen LogP contribution in [0.2, 0.25) is 0 Å². The van der Waals surface area contributed by atoms with Crippen LogP contribution >= 0.6 is 0 Å². The Kier molecular flexibility index (Phi) is 4.99. The quantitative estimate of drug-likeness (QED) is 0.479. The maximum absolute atomic E-state index is 12.5. The number of rotatable bonds is 4. The van der Waals surface area contributed by atoms with Gasteiger partial charge in [0.15, 0.2) is 6.61 Å². The van der Waals surface area contributed by atoms with E-state index in [0.29, 0.717) is 5.56 Å². The lowest BCUT2D eigenvalue weighted by Crippen LogP contribution is -2.49. The van der Waals surface area contributed by atoms with Crippen molar-refractivity contribution in [1.29, 1.82) is 0 Å². The fraction of sp³-hybridized carbons (Fsp3) is 0.150. The average Bonchev–Trinajstić information content (AvgIpc) is 3.10. The number of nitro benzene ring substituents is 1. The van der Waals surface area contributed by atoms with Crippen LogP contribution in [0.25, 0.3) is 10.9 Å².